The molecule has 0 atom stereocenters. The van der Waals surface area contributed by atoms with E-state index in [2.05, 4.69) is 23.5 Å². The number of aryl methyl sites for hydroxylation is 1. The summed E-state index contributed by atoms with van der Waals surface area (Å²) in [5, 5.41) is 3.30. The van der Waals surface area contributed by atoms with Crippen molar-refractivity contribution in [2.24, 2.45) is 5.73 Å². The average molecular weight is 303 g/mol. The maximum atomic E-state index is 5.70. The molecule has 3 heteroatoms. The fourth-order valence-corrected chi connectivity index (χ4v) is 2.00. The van der Waals surface area contributed by atoms with Crippen LogP contribution in [0, 0.1) is 6.92 Å². The molecule has 1 aromatic heterocycles. The first-order valence-corrected chi connectivity index (χ1v) is 7.33. The summed E-state index contributed by atoms with van der Waals surface area (Å²) in [4.78, 5) is 4.31. The Kier molecular flexibility index (Phi) is 5.53. The monoisotopic (exact) mass is 303 g/mol. The quantitative estimate of drug-likeness (QED) is 0.758. The van der Waals surface area contributed by atoms with Crippen LogP contribution in [0.3, 0.4) is 0 Å². The highest BCUT2D eigenvalue weighted by molar-refractivity contribution is 5.63. The van der Waals surface area contributed by atoms with Crippen molar-refractivity contribution in [1.29, 1.82) is 0 Å². The predicted molar refractivity (Wildman–Crippen MR) is 99.3 cm³/mol. The van der Waals surface area contributed by atoms with Crippen LogP contribution in [0.5, 0.6) is 0 Å². The molecule has 3 nitrogen and oxygen atoms in total. The average Bonchev–Trinajstić information content (AvgIpc) is 2.53. The molecule has 3 N–H and O–H groups in total. The van der Waals surface area contributed by atoms with E-state index in [0.717, 1.165) is 22.6 Å². The van der Waals surface area contributed by atoms with E-state index in [1.165, 1.54) is 5.56 Å². The highest BCUT2D eigenvalue weighted by Gasteiger charge is 1.97. The molecule has 116 valence electrons. The summed E-state index contributed by atoms with van der Waals surface area (Å²) in [5.74, 6) is 0.831. The molecule has 0 bridgehead atoms. The first-order valence-electron chi connectivity index (χ1n) is 7.33. The van der Waals surface area contributed by atoms with E-state index in [1.807, 2.05) is 55.5 Å². The minimum absolute atomic E-state index is 0.598. The topological polar surface area (TPSA) is 50.9 Å². The molecule has 0 radical (unpaired) electrons. The molecule has 1 heterocycles. The second kappa shape index (κ2) is 7.80. The van der Waals surface area contributed by atoms with Gasteiger partial charge in [0.15, 0.2) is 0 Å². The Morgan fingerprint density at radius 3 is 2.83 bits per heavy atom. The van der Waals surface area contributed by atoms with Crippen molar-refractivity contribution in [3.05, 3.63) is 96.4 Å². The Morgan fingerprint density at radius 1 is 1.26 bits per heavy atom. The zero-order valence-electron chi connectivity index (χ0n) is 13.3. The predicted octanol–water partition coefficient (Wildman–Crippen LogP) is 4.73. The van der Waals surface area contributed by atoms with Gasteiger partial charge in [0.25, 0.3) is 0 Å². The van der Waals surface area contributed by atoms with Gasteiger partial charge in [-0.1, -0.05) is 37.4 Å². The van der Waals surface area contributed by atoms with Crippen LogP contribution in [-0.4, -0.2) is 4.98 Å². The first kappa shape index (κ1) is 16.3. The van der Waals surface area contributed by atoms with Crippen molar-refractivity contribution in [3.63, 3.8) is 0 Å². The van der Waals surface area contributed by atoms with E-state index in [9.17, 15) is 0 Å². The molecule has 0 saturated carbocycles. The Labute approximate surface area is 137 Å². The van der Waals surface area contributed by atoms with Gasteiger partial charge in [-0.2, -0.15) is 0 Å². The molecule has 2 rings (SSSR count). The summed E-state index contributed by atoms with van der Waals surface area (Å²) in [6, 6.07) is 12.1. The molecule has 0 aliphatic rings. The molecular formula is C20H21N3. The second-order valence-electron chi connectivity index (χ2n) is 5.23. The minimum Gasteiger partial charge on any atom is -0.399 e. The molecule has 0 unspecified atom stereocenters. The molecule has 23 heavy (non-hydrogen) atoms. The number of nitrogens with one attached hydrogen (secondary N) is 1. The van der Waals surface area contributed by atoms with E-state index in [-0.39, 0.29) is 0 Å². The van der Waals surface area contributed by atoms with Gasteiger partial charge in [0.1, 0.15) is 5.82 Å². The standard InChI is InChI=1S/C20H21N3/c1-4-18(21)12-15(2)8-9-17-6-5-7-19(14-17)23-20-13-16(3)10-11-22-20/h4-14H,1-2,21H2,3H3,(H,22,23)/b9-8-,18-12+. The summed E-state index contributed by atoms with van der Waals surface area (Å²) in [6.45, 7) is 9.60. The first-order chi connectivity index (χ1) is 11.1. The van der Waals surface area contributed by atoms with Gasteiger partial charge < -0.3 is 11.1 Å². The number of nitrogens with two attached hydrogens (primary N) is 1. The van der Waals surface area contributed by atoms with E-state index >= 15 is 0 Å². The third-order valence-corrected chi connectivity index (χ3v) is 3.15. The molecule has 0 amide bonds. The fraction of sp³-hybridized carbons (Fsp3) is 0.0500. The van der Waals surface area contributed by atoms with Gasteiger partial charge in [0.05, 0.1) is 0 Å². The van der Waals surface area contributed by atoms with Crippen LogP contribution >= 0.6 is 0 Å². The van der Waals surface area contributed by atoms with Gasteiger partial charge in [0, 0.05) is 17.6 Å². The van der Waals surface area contributed by atoms with Crippen molar-refractivity contribution >= 4 is 17.6 Å². The highest BCUT2D eigenvalue weighted by Crippen LogP contribution is 2.18. The smallest absolute Gasteiger partial charge is 0.130 e. The Hall–Kier alpha value is -3.07. The van der Waals surface area contributed by atoms with Gasteiger partial charge in [-0.15, -0.1) is 0 Å². The Balaban J connectivity index is 2.11. The van der Waals surface area contributed by atoms with E-state index in [0.29, 0.717) is 5.70 Å². The molecule has 0 fully saturated rings. The third-order valence-electron chi connectivity index (χ3n) is 3.15. The lowest BCUT2D eigenvalue weighted by Gasteiger charge is -2.07. The lowest BCUT2D eigenvalue weighted by Crippen LogP contribution is -1.93. The number of aromatic nitrogens is 1. The second-order valence-corrected chi connectivity index (χ2v) is 5.23. The number of benzene rings is 1. The van der Waals surface area contributed by atoms with Gasteiger partial charge in [-0.05, 0) is 60.0 Å². The van der Waals surface area contributed by atoms with Crippen LogP contribution in [0.15, 0.2) is 85.3 Å². The van der Waals surface area contributed by atoms with Crippen LogP contribution in [0.1, 0.15) is 11.1 Å². The molecule has 0 saturated heterocycles. The summed E-state index contributed by atoms with van der Waals surface area (Å²) >= 11 is 0. The summed E-state index contributed by atoms with van der Waals surface area (Å²) < 4.78 is 0. The number of pyridine rings is 1. The van der Waals surface area contributed by atoms with Crippen LogP contribution < -0.4 is 11.1 Å². The molecule has 1 aromatic carbocycles. The number of hydrogen-bond donors (Lipinski definition) is 2. The lowest BCUT2D eigenvalue weighted by atomic mass is 10.1. The molecule has 2 aromatic rings. The van der Waals surface area contributed by atoms with Crippen molar-refractivity contribution in [2.75, 3.05) is 5.32 Å². The summed E-state index contributed by atoms with van der Waals surface area (Å²) in [5.41, 5.74) is 10.3. The van der Waals surface area contributed by atoms with Gasteiger partial charge >= 0.3 is 0 Å². The van der Waals surface area contributed by atoms with E-state index in [1.54, 1.807) is 18.3 Å². The van der Waals surface area contributed by atoms with Crippen LogP contribution in [-0.2, 0) is 0 Å². The van der Waals surface area contributed by atoms with Gasteiger partial charge in [0.2, 0.25) is 0 Å². The maximum absolute atomic E-state index is 5.70. The van der Waals surface area contributed by atoms with Crippen molar-refractivity contribution < 1.29 is 0 Å². The number of anilines is 2. The molecule has 0 spiro atoms. The number of nitrogens with zero attached hydrogens (tertiary/aromatic N) is 1. The SMILES string of the molecule is C=C/C(N)=C\C(=C)/C=C\c1cccc(Nc2cc(C)ccn2)c1. The van der Waals surface area contributed by atoms with E-state index in [4.69, 9.17) is 5.73 Å². The number of hydrogen-bond acceptors (Lipinski definition) is 3. The zero-order valence-corrected chi connectivity index (χ0v) is 13.3. The number of rotatable bonds is 6. The highest BCUT2D eigenvalue weighted by atomic mass is 15.0. The van der Waals surface area contributed by atoms with Crippen LogP contribution in [0.4, 0.5) is 11.5 Å². The molecular weight excluding hydrogens is 282 g/mol. The van der Waals surface area contributed by atoms with Crippen molar-refractivity contribution in [3.8, 4) is 0 Å². The number of allylic oxidation sites excluding steroid dienone is 4. The van der Waals surface area contributed by atoms with Gasteiger partial charge in [-0.25, -0.2) is 4.98 Å². The maximum Gasteiger partial charge on any atom is 0.130 e. The third kappa shape index (κ3) is 5.32. The normalized spacial score (nSPS) is 11.4. The van der Waals surface area contributed by atoms with Gasteiger partial charge in [-0.3, -0.25) is 0 Å². The Morgan fingerprint density at radius 2 is 2.09 bits per heavy atom. The van der Waals surface area contributed by atoms with Crippen LogP contribution in [0.2, 0.25) is 0 Å². The summed E-state index contributed by atoms with van der Waals surface area (Å²) in [6.07, 6.45) is 9.08. The molecule has 0 aliphatic heterocycles. The van der Waals surface area contributed by atoms with E-state index < -0.39 is 0 Å². The largest absolute Gasteiger partial charge is 0.399 e. The fourth-order valence-electron chi connectivity index (χ4n) is 2.00. The lowest BCUT2D eigenvalue weighted by molar-refractivity contribution is 1.27. The summed E-state index contributed by atoms with van der Waals surface area (Å²) in [7, 11) is 0. The van der Waals surface area contributed by atoms with Crippen molar-refractivity contribution in [1.82, 2.24) is 4.98 Å². The van der Waals surface area contributed by atoms with Crippen LogP contribution in [0.25, 0.3) is 6.08 Å². The van der Waals surface area contributed by atoms with Crippen molar-refractivity contribution in [2.45, 2.75) is 6.92 Å². The minimum atomic E-state index is 0.598. The Bertz CT molecular complexity index is 770. The zero-order chi connectivity index (χ0) is 16.7. The molecule has 0 aliphatic carbocycles.